The highest BCUT2D eigenvalue weighted by Gasteiger charge is 2.76. The maximum Gasteiger partial charge on any atom is 0.313 e. The van der Waals surface area contributed by atoms with Crippen molar-refractivity contribution in [2.75, 3.05) is 31.1 Å². The predicted octanol–water partition coefficient (Wildman–Crippen LogP) is 3.11. The predicted molar refractivity (Wildman–Crippen MR) is 100 cm³/mol. The molecule has 26 heavy (non-hydrogen) atoms. The van der Waals surface area contributed by atoms with Gasteiger partial charge in [-0.15, -0.1) is 0 Å². The van der Waals surface area contributed by atoms with E-state index in [0.29, 0.717) is 31.0 Å². The molecule has 6 heteroatoms. The third-order valence-corrected chi connectivity index (χ3v) is 7.40. The summed E-state index contributed by atoms with van der Waals surface area (Å²) in [6.07, 6.45) is 1.34. The SMILES string of the molecule is CC1(C)[C@@]2(C(=O)N3CCN(c4cccc(Cl)c4)CC3)CC[C@]1(C)C(=O)O2. The Bertz CT molecular complexity index is 772. The first kappa shape index (κ1) is 17.7. The van der Waals surface area contributed by atoms with Crippen LogP contribution in [0.2, 0.25) is 5.02 Å². The molecule has 0 unspecified atom stereocenters. The molecule has 0 aromatic heterocycles. The molecule has 1 aromatic rings. The van der Waals surface area contributed by atoms with Gasteiger partial charge in [-0.25, -0.2) is 0 Å². The van der Waals surface area contributed by atoms with Gasteiger partial charge in [0.2, 0.25) is 0 Å². The quantitative estimate of drug-likeness (QED) is 0.744. The van der Waals surface area contributed by atoms with E-state index in [-0.39, 0.29) is 11.9 Å². The van der Waals surface area contributed by atoms with Crippen LogP contribution in [0.3, 0.4) is 0 Å². The first-order chi connectivity index (χ1) is 12.2. The first-order valence-electron chi connectivity index (χ1n) is 9.25. The van der Waals surface area contributed by atoms with Crippen molar-refractivity contribution in [2.45, 2.75) is 39.2 Å². The van der Waals surface area contributed by atoms with Gasteiger partial charge in [0.1, 0.15) is 0 Å². The van der Waals surface area contributed by atoms with Crippen LogP contribution in [0, 0.1) is 10.8 Å². The van der Waals surface area contributed by atoms with Crippen LogP contribution in [-0.2, 0) is 14.3 Å². The Hall–Kier alpha value is -1.75. The number of carbonyl (C=O) groups excluding carboxylic acids is 2. The summed E-state index contributed by atoms with van der Waals surface area (Å²) in [6, 6.07) is 7.78. The van der Waals surface area contributed by atoms with Gasteiger partial charge in [-0.3, -0.25) is 9.59 Å². The maximum atomic E-state index is 13.4. The number of hydrogen-bond donors (Lipinski definition) is 0. The molecule has 1 amide bonds. The summed E-state index contributed by atoms with van der Waals surface area (Å²) in [6.45, 7) is 8.68. The van der Waals surface area contributed by atoms with Crippen molar-refractivity contribution in [1.82, 2.24) is 4.90 Å². The molecular weight excluding hydrogens is 352 g/mol. The largest absolute Gasteiger partial charge is 0.448 e. The van der Waals surface area contributed by atoms with Crippen LogP contribution in [0.15, 0.2) is 24.3 Å². The number of hydrogen-bond acceptors (Lipinski definition) is 4. The van der Waals surface area contributed by atoms with Crippen molar-refractivity contribution in [3.05, 3.63) is 29.3 Å². The molecule has 2 saturated heterocycles. The Labute approximate surface area is 159 Å². The number of fused-ring (bicyclic) bond motifs is 2. The topological polar surface area (TPSA) is 49.9 Å². The minimum atomic E-state index is -1.00. The van der Waals surface area contributed by atoms with E-state index in [2.05, 4.69) is 4.90 Å². The molecule has 3 aliphatic rings. The molecular formula is C20H25ClN2O3. The third-order valence-electron chi connectivity index (χ3n) is 7.17. The van der Waals surface area contributed by atoms with E-state index in [1.807, 2.05) is 49.9 Å². The number of benzene rings is 1. The highest BCUT2D eigenvalue weighted by atomic mass is 35.5. The third kappa shape index (κ3) is 2.16. The highest BCUT2D eigenvalue weighted by molar-refractivity contribution is 6.30. The second-order valence-electron chi connectivity index (χ2n) is 8.43. The number of carbonyl (C=O) groups is 2. The second-order valence-corrected chi connectivity index (χ2v) is 8.87. The van der Waals surface area contributed by atoms with Crippen molar-refractivity contribution in [1.29, 1.82) is 0 Å². The number of nitrogens with zero attached hydrogens (tertiary/aromatic N) is 2. The lowest BCUT2D eigenvalue weighted by Gasteiger charge is -2.42. The summed E-state index contributed by atoms with van der Waals surface area (Å²) in [5.74, 6) is -0.248. The smallest absolute Gasteiger partial charge is 0.313 e. The average Bonchev–Trinajstić information content (AvgIpc) is 2.91. The summed E-state index contributed by atoms with van der Waals surface area (Å²) >= 11 is 6.09. The Morgan fingerprint density at radius 2 is 1.81 bits per heavy atom. The molecule has 1 saturated carbocycles. The fourth-order valence-electron chi connectivity index (χ4n) is 4.82. The Balaban J connectivity index is 1.50. The fraction of sp³-hybridized carbons (Fsp3) is 0.600. The highest BCUT2D eigenvalue weighted by Crippen LogP contribution is 2.65. The number of ether oxygens (including phenoxy) is 1. The van der Waals surface area contributed by atoms with Gasteiger partial charge >= 0.3 is 5.97 Å². The average molecular weight is 377 g/mol. The van der Waals surface area contributed by atoms with Crippen molar-refractivity contribution in [2.24, 2.45) is 10.8 Å². The number of esters is 1. The molecule has 0 radical (unpaired) electrons. The molecule has 3 fully saturated rings. The van der Waals surface area contributed by atoms with Crippen LogP contribution in [-0.4, -0.2) is 48.6 Å². The van der Waals surface area contributed by atoms with Crippen LogP contribution < -0.4 is 4.90 Å². The number of halogens is 1. The van der Waals surface area contributed by atoms with Crippen molar-refractivity contribution >= 4 is 29.2 Å². The van der Waals surface area contributed by atoms with Gasteiger partial charge in [-0.2, -0.15) is 0 Å². The molecule has 140 valence electrons. The van der Waals surface area contributed by atoms with Gasteiger partial charge in [0.05, 0.1) is 5.41 Å². The summed E-state index contributed by atoms with van der Waals surface area (Å²) in [7, 11) is 0. The molecule has 0 N–H and O–H groups in total. The lowest BCUT2D eigenvalue weighted by molar-refractivity contribution is -0.174. The Morgan fingerprint density at radius 1 is 1.12 bits per heavy atom. The van der Waals surface area contributed by atoms with E-state index in [4.69, 9.17) is 16.3 Å². The maximum absolute atomic E-state index is 13.4. The molecule has 2 heterocycles. The molecule has 1 aromatic carbocycles. The summed E-state index contributed by atoms with van der Waals surface area (Å²) in [4.78, 5) is 29.9. The van der Waals surface area contributed by atoms with Gasteiger partial charge < -0.3 is 14.5 Å². The summed E-state index contributed by atoms with van der Waals surface area (Å²) in [5.41, 5.74) is -0.982. The Kier molecular flexibility index (Phi) is 3.82. The molecule has 2 aliphatic heterocycles. The molecule has 2 atom stereocenters. The number of amides is 1. The number of piperazine rings is 1. The minimum Gasteiger partial charge on any atom is -0.448 e. The standard InChI is InChI=1S/C20H25ClN2O3/c1-18(2)19(3)7-8-20(18,26-17(19)25)16(24)23-11-9-22(10-12-23)15-6-4-5-14(21)13-15/h4-6,13H,7-12H2,1-3H3/t19-,20+/m1/s1. The number of anilines is 1. The van der Waals surface area contributed by atoms with Crippen LogP contribution in [0.1, 0.15) is 33.6 Å². The first-order valence-corrected chi connectivity index (χ1v) is 9.62. The van der Waals surface area contributed by atoms with Gasteiger partial charge in [0.25, 0.3) is 5.91 Å². The van der Waals surface area contributed by atoms with Gasteiger partial charge in [-0.1, -0.05) is 31.5 Å². The molecule has 1 aliphatic carbocycles. The van der Waals surface area contributed by atoms with E-state index in [0.717, 1.165) is 18.8 Å². The van der Waals surface area contributed by atoms with E-state index in [9.17, 15) is 9.59 Å². The zero-order valence-electron chi connectivity index (χ0n) is 15.5. The van der Waals surface area contributed by atoms with Crippen molar-refractivity contribution in [3.63, 3.8) is 0 Å². The zero-order chi connectivity index (χ0) is 18.7. The van der Waals surface area contributed by atoms with Crippen LogP contribution >= 0.6 is 11.6 Å². The molecule has 2 bridgehead atoms. The lowest BCUT2D eigenvalue weighted by atomic mass is 9.66. The Morgan fingerprint density at radius 3 is 2.35 bits per heavy atom. The zero-order valence-corrected chi connectivity index (χ0v) is 16.3. The van der Waals surface area contributed by atoms with Gasteiger partial charge in [0, 0.05) is 42.3 Å². The molecule has 5 nitrogen and oxygen atoms in total. The second kappa shape index (κ2) is 5.62. The van der Waals surface area contributed by atoms with Crippen LogP contribution in [0.5, 0.6) is 0 Å². The van der Waals surface area contributed by atoms with E-state index in [1.54, 1.807) is 0 Å². The normalized spacial score (nSPS) is 32.7. The van der Waals surface area contributed by atoms with Gasteiger partial charge in [0.15, 0.2) is 5.60 Å². The van der Waals surface area contributed by atoms with Crippen molar-refractivity contribution < 1.29 is 14.3 Å². The summed E-state index contributed by atoms with van der Waals surface area (Å²) < 4.78 is 5.75. The van der Waals surface area contributed by atoms with Crippen LogP contribution in [0.4, 0.5) is 5.69 Å². The lowest BCUT2D eigenvalue weighted by Crippen LogP contribution is -2.59. The minimum absolute atomic E-state index is 0.0252. The monoisotopic (exact) mass is 376 g/mol. The summed E-state index contributed by atoms with van der Waals surface area (Å²) in [5, 5.41) is 0.713. The number of rotatable bonds is 2. The van der Waals surface area contributed by atoms with Crippen molar-refractivity contribution in [3.8, 4) is 0 Å². The van der Waals surface area contributed by atoms with Crippen LogP contribution in [0.25, 0.3) is 0 Å². The van der Waals surface area contributed by atoms with E-state index in [1.165, 1.54) is 0 Å². The molecule has 0 spiro atoms. The van der Waals surface area contributed by atoms with E-state index < -0.39 is 16.4 Å². The molecule has 4 rings (SSSR count). The van der Waals surface area contributed by atoms with Gasteiger partial charge in [-0.05, 0) is 38.0 Å². The fourth-order valence-corrected chi connectivity index (χ4v) is 5.00. The van der Waals surface area contributed by atoms with E-state index >= 15 is 0 Å².